The number of hydrogen-bond acceptors (Lipinski definition) is 5. The lowest BCUT2D eigenvalue weighted by atomic mass is 9.73. The van der Waals surface area contributed by atoms with Crippen LogP contribution >= 0.6 is 0 Å². The third kappa shape index (κ3) is 3.82. The largest absolute Gasteiger partial charge is 0.487 e. The first-order valence-electron chi connectivity index (χ1n) is 10.3. The van der Waals surface area contributed by atoms with E-state index in [0.29, 0.717) is 25.6 Å². The van der Waals surface area contributed by atoms with Crippen LogP contribution in [-0.4, -0.2) is 33.0 Å². The lowest BCUT2D eigenvalue weighted by Gasteiger charge is -2.42. The maximum absolute atomic E-state index is 5.98. The maximum Gasteiger partial charge on any atom is 0.180 e. The van der Waals surface area contributed by atoms with Gasteiger partial charge in [-0.15, -0.1) is 0 Å². The number of aromatic nitrogens is 4. The number of ether oxygens (including phenoxy) is 2. The van der Waals surface area contributed by atoms with Crippen LogP contribution in [-0.2, 0) is 23.8 Å². The van der Waals surface area contributed by atoms with E-state index in [1.165, 1.54) is 16.7 Å². The molecule has 0 amide bonds. The molecule has 6 nitrogen and oxygen atoms in total. The SMILES string of the molecule is Cc1ccc(C2(c3ccc(OCc4ccnc(-c5ccn(C)n5)n4)cc3)COC2)cc1. The Hall–Kier alpha value is -3.51. The predicted octanol–water partition coefficient (Wildman–Crippen LogP) is 4.08. The van der Waals surface area contributed by atoms with Gasteiger partial charge < -0.3 is 9.47 Å². The molecule has 2 aromatic heterocycles. The Balaban J connectivity index is 1.29. The zero-order valence-corrected chi connectivity index (χ0v) is 17.7. The summed E-state index contributed by atoms with van der Waals surface area (Å²) in [5.74, 6) is 1.41. The van der Waals surface area contributed by atoms with Crippen LogP contribution in [0.1, 0.15) is 22.4 Å². The molecule has 0 aliphatic carbocycles. The van der Waals surface area contributed by atoms with E-state index < -0.39 is 0 Å². The summed E-state index contributed by atoms with van der Waals surface area (Å²) in [4.78, 5) is 8.88. The monoisotopic (exact) mass is 412 g/mol. The van der Waals surface area contributed by atoms with Crippen LogP contribution in [0.2, 0.25) is 0 Å². The Kier molecular flexibility index (Phi) is 5.00. The highest BCUT2D eigenvalue weighted by Gasteiger charge is 2.41. The zero-order chi connectivity index (χ0) is 21.3. The van der Waals surface area contributed by atoms with Gasteiger partial charge in [0.15, 0.2) is 5.82 Å². The molecular formula is C25H24N4O2. The Morgan fingerprint density at radius 1 is 0.968 bits per heavy atom. The predicted molar refractivity (Wildman–Crippen MR) is 118 cm³/mol. The third-order valence-electron chi connectivity index (χ3n) is 5.75. The second-order valence-corrected chi connectivity index (χ2v) is 8.00. The molecule has 31 heavy (non-hydrogen) atoms. The number of benzene rings is 2. The molecule has 0 N–H and O–H groups in total. The van der Waals surface area contributed by atoms with Gasteiger partial charge in [-0.3, -0.25) is 4.68 Å². The summed E-state index contributed by atoms with van der Waals surface area (Å²) in [7, 11) is 1.87. The first-order valence-corrected chi connectivity index (χ1v) is 10.3. The van der Waals surface area contributed by atoms with Crippen LogP contribution < -0.4 is 4.74 Å². The molecule has 3 heterocycles. The molecule has 6 heteroatoms. The summed E-state index contributed by atoms with van der Waals surface area (Å²) in [5, 5.41) is 4.36. The standard InChI is InChI=1S/C25H24N4O2/c1-18-3-5-19(6-4-18)25(16-30-17-25)20-7-9-22(10-8-20)31-15-21-11-13-26-24(27-21)23-12-14-29(2)28-23/h3-14H,15-17H2,1-2H3. The molecule has 4 aromatic rings. The van der Waals surface area contributed by atoms with E-state index in [2.05, 4.69) is 58.4 Å². The van der Waals surface area contributed by atoms with Gasteiger partial charge in [0, 0.05) is 19.4 Å². The van der Waals surface area contributed by atoms with E-state index in [1.807, 2.05) is 37.5 Å². The van der Waals surface area contributed by atoms with Crippen molar-refractivity contribution in [3.05, 3.63) is 95.4 Å². The van der Waals surface area contributed by atoms with Gasteiger partial charge in [-0.25, -0.2) is 9.97 Å². The van der Waals surface area contributed by atoms with Gasteiger partial charge in [0.2, 0.25) is 0 Å². The number of rotatable bonds is 6. The minimum Gasteiger partial charge on any atom is -0.487 e. The second kappa shape index (κ2) is 7.96. The molecule has 0 atom stereocenters. The lowest BCUT2D eigenvalue weighted by molar-refractivity contribution is -0.0380. The normalized spacial score (nSPS) is 14.8. The fourth-order valence-electron chi connectivity index (χ4n) is 3.84. The molecule has 1 fully saturated rings. The van der Waals surface area contributed by atoms with Gasteiger partial charge in [0.1, 0.15) is 18.1 Å². The number of aryl methyl sites for hydroxylation is 2. The smallest absolute Gasteiger partial charge is 0.180 e. The first-order chi connectivity index (χ1) is 15.1. The molecule has 1 saturated heterocycles. The summed E-state index contributed by atoms with van der Waals surface area (Å²) in [6, 6.07) is 20.8. The Bertz CT molecular complexity index is 1180. The van der Waals surface area contributed by atoms with Crippen molar-refractivity contribution in [3.8, 4) is 17.3 Å². The molecule has 0 radical (unpaired) electrons. The maximum atomic E-state index is 5.98. The fourth-order valence-corrected chi connectivity index (χ4v) is 3.84. The lowest BCUT2D eigenvalue weighted by Crippen LogP contribution is -2.47. The Morgan fingerprint density at radius 3 is 2.29 bits per heavy atom. The summed E-state index contributed by atoms with van der Waals surface area (Å²) < 4.78 is 13.3. The zero-order valence-electron chi connectivity index (χ0n) is 17.7. The van der Waals surface area contributed by atoms with Crippen LogP contribution in [0.4, 0.5) is 0 Å². The molecule has 0 spiro atoms. The molecule has 1 aliphatic heterocycles. The van der Waals surface area contributed by atoms with E-state index in [1.54, 1.807) is 10.9 Å². The molecule has 5 rings (SSSR count). The van der Waals surface area contributed by atoms with Crippen LogP contribution in [0.3, 0.4) is 0 Å². The van der Waals surface area contributed by atoms with Gasteiger partial charge in [-0.2, -0.15) is 5.10 Å². The van der Waals surface area contributed by atoms with Gasteiger partial charge in [0.05, 0.1) is 24.3 Å². The molecule has 1 aliphatic rings. The average molecular weight is 412 g/mol. The second-order valence-electron chi connectivity index (χ2n) is 8.00. The minimum atomic E-state index is -0.0729. The van der Waals surface area contributed by atoms with E-state index in [4.69, 9.17) is 9.47 Å². The third-order valence-corrected chi connectivity index (χ3v) is 5.75. The Morgan fingerprint density at radius 2 is 1.68 bits per heavy atom. The summed E-state index contributed by atoms with van der Waals surface area (Å²) in [5.41, 5.74) is 5.28. The van der Waals surface area contributed by atoms with Gasteiger partial charge in [-0.1, -0.05) is 42.0 Å². The van der Waals surface area contributed by atoms with E-state index in [0.717, 1.165) is 17.1 Å². The van der Waals surface area contributed by atoms with Gasteiger partial charge >= 0.3 is 0 Å². The van der Waals surface area contributed by atoms with Crippen molar-refractivity contribution in [2.24, 2.45) is 7.05 Å². The molecule has 0 bridgehead atoms. The van der Waals surface area contributed by atoms with Crippen LogP contribution in [0, 0.1) is 6.92 Å². The summed E-state index contributed by atoms with van der Waals surface area (Å²) >= 11 is 0. The highest BCUT2D eigenvalue weighted by molar-refractivity contribution is 5.48. The van der Waals surface area contributed by atoms with E-state index in [-0.39, 0.29) is 5.41 Å². The fraction of sp³-hybridized carbons (Fsp3) is 0.240. The van der Waals surface area contributed by atoms with Crippen molar-refractivity contribution in [3.63, 3.8) is 0 Å². The highest BCUT2D eigenvalue weighted by Crippen LogP contribution is 2.39. The molecule has 156 valence electrons. The van der Waals surface area contributed by atoms with E-state index in [9.17, 15) is 0 Å². The van der Waals surface area contributed by atoms with Crippen molar-refractivity contribution in [2.45, 2.75) is 18.9 Å². The molecule has 2 aromatic carbocycles. The van der Waals surface area contributed by atoms with Crippen molar-refractivity contribution in [1.82, 2.24) is 19.7 Å². The molecule has 0 saturated carbocycles. The highest BCUT2D eigenvalue weighted by atomic mass is 16.5. The number of nitrogens with zero attached hydrogens (tertiary/aromatic N) is 4. The molecular weight excluding hydrogens is 388 g/mol. The van der Waals surface area contributed by atoms with Crippen LogP contribution in [0.5, 0.6) is 5.75 Å². The van der Waals surface area contributed by atoms with Crippen molar-refractivity contribution < 1.29 is 9.47 Å². The van der Waals surface area contributed by atoms with Crippen molar-refractivity contribution in [1.29, 1.82) is 0 Å². The number of hydrogen-bond donors (Lipinski definition) is 0. The summed E-state index contributed by atoms with van der Waals surface area (Å²) in [6.45, 7) is 3.88. The molecule has 0 unspecified atom stereocenters. The topological polar surface area (TPSA) is 62.1 Å². The van der Waals surface area contributed by atoms with Crippen LogP contribution in [0.25, 0.3) is 11.5 Å². The van der Waals surface area contributed by atoms with Crippen molar-refractivity contribution in [2.75, 3.05) is 13.2 Å². The first kappa shape index (κ1) is 19.5. The van der Waals surface area contributed by atoms with Crippen molar-refractivity contribution >= 4 is 0 Å². The van der Waals surface area contributed by atoms with Gasteiger partial charge in [0.25, 0.3) is 0 Å². The average Bonchev–Trinajstić information content (AvgIpc) is 3.20. The quantitative estimate of drug-likeness (QED) is 0.478. The Labute approximate surface area is 181 Å². The summed E-state index contributed by atoms with van der Waals surface area (Å²) in [6.07, 6.45) is 3.61. The minimum absolute atomic E-state index is 0.0729. The van der Waals surface area contributed by atoms with E-state index >= 15 is 0 Å². The van der Waals surface area contributed by atoms with Gasteiger partial charge in [-0.05, 0) is 42.3 Å². The van der Waals surface area contributed by atoms with Crippen LogP contribution in [0.15, 0.2) is 73.1 Å².